The van der Waals surface area contributed by atoms with Gasteiger partial charge in [0.1, 0.15) is 0 Å². The fourth-order valence-corrected chi connectivity index (χ4v) is 9.80. The molecule has 0 aliphatic heterocycles. The molecule has 47 heavy (non-hydrogen) atoms. The molecule has 0 fully saturated rings. The highest BCUT2D eigenvalue weighted by Crippen LogP contribution is 2.21. The average Bonchev–Trinajstić information content (AvgIpc) is 3.07. The lowest BCUT2D eigenvalue weighted by atomic mass is 10.0. The van der Waals surface area contributed by atoms with E-state index >= 15 is 0 Å². The van der Waals surface area contributed by atoms with E-state index in [4.69, 9.17) is 18.4 Å². The van der Waals surface area contributed by atoms with Crippen LogP contribution in [0.1, 0.15) is 239 Å². The number of rotatable bonds is 42. The second-order valence-electron chi connectivity index (χ2n) is 14.5. The minimum absolute atomic E-state index is 0.370. The van der Waals surface area contributed by atoms with Crippen molar-refractivity contribution in [1.82, 2.24) is 0 Å². The third kappa shape index (κ3) is 35.7. The van der Waals surface area contributed by atoms with Crippen molar-refractivity contribution in [3.05, 3.63) is 0 Å². The fourth-order valence-electron chi connectivity index (χ4n) is 7.11. The molecule has 0 spiro atoms. The summed E-state index contributed by atoms with van der Waals surface area (Å²) < 4.78 is 17.9. The Hall–Kier alpha value is 0.0569. The number of aliphatic hydroxyl groups excluding tert-OH is 1. The average molecular weight is 685 g/mol. The van der Waals surface area contributed by atoms with Crippen molar-refractivity contribution in [3.8, 4) is 0 Å². The quantitative estimate of drug-likeness (QED) is 0.0513. The van der Waals surface area contributed by atoms with Crippen LogP contribution in [0, 0.1) is 0 Å². The lowest BCUT2D eigenvalue weighted by Gasteiger charge is -2.28. The highest BCUT2D eigenvalue weighted by Gasteiger charge is 2.39. The van der Waals surface area contributed by atoms with E-state index < -0.39 is 8.80 Å². The van der Waals surface area contributed by atoms with Crippen LogP contribution in [-0.2, 0) is 13.3 Å². The summed E-state index contributed by atoms with van der Waals surface area (Å²) in [5.74, 6) is 0. The van der Waals surface area contributed by atoms with Crippen molar-refractivity contribution in [3.63, 3.8) is 0 Å². The van der Waals surface area contributed by atoms with Crippen LogP contribution in [0.15, 0.2) is 0 Å². The first-order chi connectivity index (χ1) is 23.2. The topological polar surface area (TPSA) is 47.9 Å². The molecule has 5 heteroatoms. The van der Waals surface area contributed by atoms with Gasteiger partial charge >= 0.3 is 8.80 Å². The summed E-state index contributed by atoms with van der Waals surface area (Å²) in [5, 5.41) is 8.81. The molecule has 0 atom stereocenters. The minimum atomic E-state index is -2.42. The van der Waals surface area contributed by atoms with Gasteiger partial charge in [-0.3, -0.25) is 0 Å². The van der Waals surface area contributed by atoms with Gasteiger partial charge in [0, 0.05) is 32.5 Å². The molecular formula is C42H88O4Si. The molecule has 0 aromatic carbocycles. The Morgan fingerprint density at radius 2 is 0.447 bits per heavy atom. The van der Waals surface area contributed by atoms with Gasteiger partial charge in [0.15, 0.2) is 0 Å². The SMILES string of the molecule is CCO[Si](CCCCCCCCCCCCCCCCCCCCCCCCCCCCCCCCCCCCO)(OCC)OCC. The van der Waals surface area contributed by atoms with Crippen LogP contribution in [0.25, 0.3) is 0 Å². The Morgan fingerprint density at radius 3 is 0.617 bits per heavy atom. The Morgan fingerprint density at radius 1 is 0.277 bits per heavy atom. The van der Waals surface area contributed by atoms with Crippen LogP contribution in [0.5, 0.6) is 0 Å². The zero-order valence-electron chi connectivity index (χ0n) is 32.7. The molecule has 0 rings (SSSR count). The monoisotopic (exact) mass is 685 g/mol. The van der Waals surface area contributed by atoms with Gasteiger partial charge in [-0.15, -0.1) is 0 Å². The Kier molecular flexibility index (Phi) is 40.5. The number of unbranched alkanes of at least 4 members (excludes halogenated alkanes) is 33. The standard InChI is InChI=1S/C42H88O4Si/c1-4-44-47(45-5-2,46-6-3)42-40-38-36-34-32-30-28-26-24-22-20-18-16-14-12-10-8-7-9-11-13-15-17-19-21-23-25-27-29-31-33-35-37-39-41-43/h43H,4-42H2,1-3H3. The Labute approximate surface area is 298 Å². The van der Waals surface area contributed by atoms with Crippen LogP contribution in [-0.4, -0.2) is 40.3 Å². The van der Waals surface area contributed by atoms with Crippen molar-refractivity contribution in [1.29, 1.82) is 0 Å². The number of hydrogen-bond acceptors (Lipinski definition) is 4. The molecule has 0 bridgehead atoms. The van der Waals surface area contributed by atoms with Gasteiger partial charge in [0.2, 0.25) is 0 Å². The number of aliphatic hydroxyl groups is 1. The molecule has 0 aliphatic rings. The highest BCUT2D eigenvalue weighted by molar-refractivity contribution is 6.60. The molecule has 0 radical (unpaired) electrons. The van der Waals surface area contributed by atoms with E-state index in [-0.39, 0.29) is 0 Å². The first-order valence-corrected chi connectivity index (χ1v) is 23.7. The smallest absolute Gasteiger partial charge is 0.396 e. The van der Waals surface area contributed by atoms with E-state index in [1.807, 2.05) is 20.8 Å². The molecule has 0 heterocycles. The summed E-state index contributed by atoms with van der Waals surface area (Å²) in [5.41, 5.74) is 0. The van der Waals surface area contributed by atoms with Gasteiger partial charge in [-0.2, -0.15) is 0 Å². The summed E-state index contributed by atoms with van der Waals surface area (Å²) in [6, 6.07) is 0.971. The van der Waals surface area contributed by atoms with E-state index in [0.717, 1.165) is 12.5 Å². The van der Waals surface area contributed by atoms with Crippen molar-refractivity contribution >= 4 is 8.80 Å². The van der Waals surface area contributed by atoms with Crippen molar-refractivity contribution in [2.24, 2.45) is 0 Å². The van der Waals surface area contributed by atoms with E-state index in [9.17, 15) is 0 Å². The van der Waals surface area contributed by atoms with Crippen LogP contribution in [0.3, 0.4) is 0 Å². The van der Waals surface area contributed by atoms with Gasteiger partial charge in [-0.05, 0) is 33.6 Å². The van der Waals surface area contributed by atoms with Crippen molar-refractivity contribution < 1.29 is 18.4 Å². The van der Waals surface area contributed by atoms with Gasteiger partial charge in [0.25, 0.3) is 0 Å². The van der Waals surface area contributed by atoms with E-state index in [1.54, 1.807) is 0 Å². The predicted octanol–water partition coefficient (Wildman–Crippen LogP) is 14.3. The molecule has 0 amide bonds. The van der Waals surface area contributed by atoms with Gasteiger partial charge in [0.05, 0.1) is 0 Å². The second-order valence-corrected chi connectivity index (χ2v) is 17.2. The zero-order chi connectivity index (χ0) is 34.2. The van der Waals surface area contributed by atoms with E-state index in [0.29, 0.717) is 26.4 Å². The van der Waals surface area contributed by atoms with Gasteiger partial charge < -0.3 is 18.4 Å². The fraction of sp³-hybridized carbons (Fsp3) is 1.00. The summed E-state index contributed by atoms with van der Waals surface area (Å²) >= 11 is 0. The molecule has 4 nitrogen and oxygen atoms in total. The zero-order valence-corrected chi connectivity index (χ0v) is 33.7. The first-order valence-electron chi connectivity index (χ1n) is 21.8. The number of hydrogen-bond donors (Lipinski definition) is 1. The maximum Gasteiger partial charge on any atom is 0.500 e. The highest BCUT2D eigenvalue weighted by atomic mass is 28.4. The molecule has 0 saturated carbocycles. The first kappa shape index (κ1) is 47.1. The van der Waals surface area contributed by atoms with Crippen molar-refractivity contribution in [2.45, 2.75) is 245 Å². The lowest BCUT2D eigenvalue weighted by molar-refractivity contribution is 0.0706. The Bertz CT molecular complexity index is 544. The van der Waals surface area contributed by atoms with Crippen LogP contribution in [0.2, 0.25) is 6.04 Å². The van der Waals surface area contributed by atoms with E-state index in [2.05, 4.69) is 0 Å². The summed E-state index contributed by atoms with van der Waals surface area (Å²) in [4.78, 5) is 0. The maximum absolute atomic E-state index is 8.81. The third-order valence-electron chi connectivity index (χ3n) is 9.98. The Balaban J connectivity index is 3.21. The van der Waals surface area contributed by atoms with Crippen LogP contribution in [0.4, 0.5) is 0 Å². The molecule has 0 aromatic heterocycles. The predicted molar refractivity (Wildman–Crippen MR) is 210 cm³/mol. The summed E-state index contributed by atoms with van der Waals surface area (Å²) in [6.45, 7) is 8.55. The van der Waals surface area contributed by atoms with Crippen LogP contribution >= 0.6 is 0 Å². The molecule has 1 N–H and O–H groups in total. The van der Waals surface area contributed by atoms with Crippen molar-refractivity contribution in [2.75, 3.05) is 26.4 Å². The molecule has 0 saturated heterocycles. The summed E-state index contributed by atoms with van der Waals surface area (Å²) in [7, 11) is -2.42. The largest absolute Gasteiger partial charge is 0.500 e. The molecular weight excluding hydrogens is 597 g/mol. The third-order valence-corrected chi connectivity index (χ3v) is 13.1. The minimum Gasteiger partial charge on any atom is -0.396 e. The van der Waals surface area contributed by atoms with Crippen LogP contribution < -0.4 is 0 Å². The summed E-state index contributed by atoms with van der Waals surface area (Å²) in [6.07, 6.45) is 47.9. The maximum atomic E-state index is 8.81. The normalized spacial score (nSPS) is 12.0. The van der Waals surface area contributed by atoms with E-state index in [1.165, 1.54) is 212 Å². The van der Waals surface area contributed by atoms with Gasteiger partial charge in [-0.25, -0.2) is 0 Å². The molecule has 284 valence electrons. The molecule has 0 aliphatic carbocycles. The lowest BCUT2D eigenvalue weighted by Crippen LogP contribution is -2.45. The molecule has 0 unspecified atom stereocenters. The van der Waals surface area contributed by atoms with Gasteiger partial charge in [-0.1, -0.05) is 205 Å². The molecule has 0 aromatic rings. The second kappa shape index (κ2) is 40.5.